The van der Waals surface area contributed by atoms with E-state index in [0.29, 0.717) is 6.54 Å². The van der Waals surface area contributed by atoms with Gasteiger partial charge in [-0.2, -0.15) is 0 Å². The Labute approximate surface area is 172 Å². The fraction of sp³-hybridized carbons (Fsp3) is 0.682. The highest BCUT2D eigenvalue weighted by molar-refractivity contribution is 9.10. The molecule has 0 bridgehead atoms. The van der Waals surface area contributed by atoms with Crippen LogP contribution in [0.15, 0.2) is 10.5 Å². The van der Waals surface area contributed by atoms with Crippen LogP contribution in [0.2, 0.25) is 0 Å². The van der Waals surface area contributed by atoms with Crippen LogP contribution in [0.25, 0.3) is 0 Å². The number of aryl methyl sites for hydroxylation is 1. The molecule has 2 aliphatic rings. The fourth-order valence-electron chi connectivity index (χ4n) is 4.36. The van der Waals surface area contributed by atoms with Crippen LogP contribution in [0, 0.1) is 0 Å². The van der Waals surface area contributed by atoms with Gasteiger partial charge < -0.3 is 14.5 Å². The third kappa shape index (κ3) is 4.44. The molecule has 0 radical (unpaired) electrons. The number of amides is 1. The third-order valence-corrected chi connectivity index (χ3v) is 6.22. The Morgan fingerprint density at radius 1 is 1.26 bits per heavy atom. The summed E-state index contributed by atoms with van der Waals surface area (Å²) >= 11 is 3.97. The smallest absolute Gasteiger partial charge is 0.410 e. The maximum Gasteiger partial charge on any atom is 0.410 e. The molecule has 27 heavy (non-hydrogen) atoms. The minimum atomic E-state index is -0.459. The van der Waals surface area contributed by atoms with Gasteiger partial charge in [0.25, 0.3) is 0 Å². The molecule has 1 atom stereocenters. The first-order chi connectivity index (χ1) is 12.7. The number of hydrogen-bond acceptors (Lipinski definition) is 3. The fourth-order valence-corrected chi connectivity index (χ4v) is 5.52. The van der Waals surface area contributed by atoms with Gasteiger partial charge >= 0.3 is 6.09 Å². The van der Waals surface area contributed by atoms with E-state index in [-0.39, 0.29) is 12.0 Å². The van der Waals surface area contributed by atoms with Crippen LogP contribution in [0.1, 0.15) is 70.1 Å². The molecular formula is C22H33BrN2O2. The Morgan fingerprint density at radius 2 is 2.00 bits per heavy atom. The minimum absolute atomic E-state index is 0.198. The van der Waals surface area contributed by atoms with Crippen molar-refractivity contribution in [1.82, 2.24) is 4.90 Å². The zero-order valence-electron chi connectivity index (χ0n) is 17.4. The van der Waals surface area contributed by atoms with Crippen LogP contribution in [0.5, 0.6) is 0 Å². The molecule has 1 amide bonds. The van der Waals surface area contributed by atoms with E-state index in [9.17, 15) is 4.79 Å². The molecule has 1 aromatic carbocycles. The average Bonchev–Trinajstić information content (AvgIpc) is 2.73. The van der Waals surface area contributed by atoms with Crippen LogP contribution in [-0.2, 0) is 17.6 Å². The van der Waals surface area contributed by atoms with Crippen molar-refractivity contribution in [3.8, 4) is 0 Å². The third-order valence-electron chi connectivity index (χ3n) is 5.42. The van der Waals surface area contributed by atoms with Crippen LogP contribution >= 0.6 is 15.9 Å². The molecule has 0 N–H and O–H groups in total. The van der Waals surface area contributed by atoms with E-state index >= 15 is 0 Å². The monoisotopic (exact) mass is 436 g/mol. The maximum absolute atomic E-state index is 12.6. The lowest BCUT2D eigenvalue weighted by Crippen LogP contribution is -2.38. The van der Waals surface area contributed by atoms with Crippen molar-refractivity contribution in [2.45, 2.75) is 71.8 Å². The van der Waals surface area contributed by atoms with E-state index in [1.54, 1.807) is 0 Å². The second-order valence-corrected chi connectivity index (χ2v) is 9.73. The van der Waals surface area contributed by atoms with Gasteiger partial charge in [-0.1, -0.05) is 19.9 Å². The van der Waals surface area contributed by atoms with Gasteiger partial charge in [-0.05, 0) is 79.1 Å². The molecule has 1 aromatic rings. The van der Waals surface area contributed by atoms with Gasteiger partial charge in [0.2, 0.25) is 0 Å². The molecule has 1 unspecified atom stereocenters. The molecule has 4 nitrogen and oxygen atoms in total. The summed E-state index contributed by atoms with van der Waals surface area (Å²) in [6, 6.07) is 2.41. The topological polar surface area (TPSA) is 32.8 Å². The Morgan fingerprint density at radius 3 is 2.67 bits per heavy atom. The van der Waals surface area contributed by atoms with Crippen LogP contribution < -0.4 is 4.90 Å². The predicted octanol–water partition coefficient (Wildman–Crippen LogP) is 5.51. The molecule has 0 spiro atoms. The molecular weight excluding hydrogens is 404 g/mol. The van der Waals surface area contributed by atoms with Gasteiger partial charge in [0.05, 0.1) is 5.69 Å². The molecule has 3 rings (SSSR count). The lowest BCUT2D eigenvalue weighted by atomic mass is 9.89. The Balaban J connectivity index is 1.91. The lowest BCUT2D eigenvalue weighted by Gasteiger charge is -2.34. The van der Waals surface area contributed by atoms with E-state index in [1.807, 2.05) is 25.7 Å². The zero-order valence-corrected chi connectivity index (χ0v) is 19.0. The summed E-state index contributed by atoms with van der Waals surface area (Å²) in [7, 11) is 0. The number of nitrogens with zero attached hydrogens (tertiary/aromatic N) is 2. The van der Waals surface area contributed by atoms with E-state index in [1.165, 1.54) is 33.3 Å². The van der Waals surface area contributed by atoms with Crippen LogP contribution in [0.3, 0.4) is 0 Å². The van der Waals surface area contributed by atoms with Gasteiger partial charge in [-0.25, -0.2) is 4.79 Å². The summed E-state index contributed by atoms with van der Waals surface area (Å²) in [5.74, 6) is 0.278. The molecule has 0 saturated carbocycles. The quantitative estimate of drug-likeness (QED) is 0.612. The van der Waals surface area contributed by atoms with Crippen molar-refractivity contribution in [1.29, 1.82) is 0 Å². The summed E-state index contributed by atoms with van der Waals surface area (Å²) in [6.45, 7) is 13.9. The maximum atomic E-state index is 12.6. The first kappa shape index (κ1) is 20.5. The van der Waals surface area contributed by atoms with Gasteiger partial charge in [-0.3, -0.25) is 0 Å². The van der Waals surface area contributed by atoms with Crippen molar-refractivity contribution < 1.29 is 9.53 Å². The molecule has 0 aromatic heterocycles. The first-order valence-electron chi connectivity index (χ1n) is 10.3. The standard InChI is InChI=1S/C22H33BrN2O2/c1-6-10-24-11-7-8-17-13-16-9-12-25(21(26)27-22(3,4)5)14-15(2)18(16)19(23)20(17)24/h13,15H,6-12,14H2,1-5H3. The van der Waals surface area contributed by atoms with Crippen LogP contribution in [-0.4, -0.2) is 42.8 Å². The van der Waals surface area contributed by atoms with Crippen molar-refractivity contribution in [2.75, 3.05) is 31.1 Å². The van der Waals surface area contributed by atoms with Gasteiger partial charge in [0.1, 0.15) is 5.60 Å². The van der Waals surface area contributed by atoms with Crippen molar-refractivity contribution in [3.05, 3.63) is 27.2 Å². The molecule has 2 heterocycles. The van der Waals surface area contributed by atoms with E-state index < -0.39 is 5.60 Å². The van der Waals surface area contributed by atoms with Crippen molar-refractivity contribution in [3.63, 3.8) is 0 Å². The Hall–Kier alpha value is -1.23. The normalized spacial score (nSPS) is 20.0. The minimum Gasteiger partial charge on any atom is -0.444 e. The second kappa shape index (κ2) is 8.02. The number of halogens is 1. The summed E-state index contributed by atoms with van der Waals surface area (Å²) in [6.07, 6.45) is 4.21. The van der Waals surface area contributed by atoms with E-state index in [4.69, 9.17) is 4.74 Å². The summed E-state index contributed by atoms with van der Waals surface area (Å²) < 4.78 is 6.88. The Bertz CT molecular complexity index is 711. The number of anilines is 1. The molecule has 0 fully saturated rings. The lowest BCUT2D eigenvalue weighted by molar-refractivity contribution is 0.0248. The highest BCUT2D eigenvalue weighted by Gasteiger charge is 2.31. The van der Waals surface area contributed by atoms with Gasteiger partial charge in [0.15, 0.2) is 0 Å². The number of hydrogen-bond donors (Lipinski definition) is 0. The summed E-state index contributed by atoms with van der Waals surface area (Å²) in [5.41, 5.74) is 5.15. The highest BCUT2D eigenvalue weighted by Crippen LogP contribution is 2.43. The SMILES string of the molecule is CCCN1CCCc2cc3c(c(Br)c21)C(C)CN(C(=O)OC(C)(C)C)CC3. The molecule has 2 aliphatic heterocycles. The van der Waals surface area contributed by atoms with E-state index in [2.05, 4.69) is 40.7 Å². The first-order valence-corrected chi connectivity index (χ1v) is 11.1. The molecule has 0 aliphatic carbocycles. The zero-order chi connectivity index (χ0) is 19.8. The Kier molecular flexibility index (Phi) is 6.09. The molecule has 5 heteroatoms. The second-order valence-electron chi connectivity index (χ2n) is 8.94. The predicted molar refractivity (Wildman–Crippen MR) is 115 cm³/mol. The van der Waals surface area contributed by atoms with Gasteiger partial charge in [0, 0.05) is 36.6 Å². The summed E-state index contributed by atoms with van der Waals surface area (Å²) in [4.78, 5) is 17.0. The number of ether oxygens (including phenoxy) is 1. The molecule has 0 saturated heterocycles. The average molecular weight is 437 g/mol. The van der Waals surface area contributed by atoms with Gasteiger partial charge in [-0.15, -0.1) is 0 Å². The van der Waals surface area contributed by atoms with Crippen molar-refractivity contribution in [2.24, 2.45) is 0 Å². The number of carbonyl (C=O) groups is 1. The van der Waals surface area contributed by atoms with Crippen molar-refractivity contribution >= 4 is 27.7 Å². The highest BCUT2D eigenvalue weighted by atomic mass is 79.9. The molecule has 150 valence electrons. The number of fused-ring (bicyclic) bond motifs is 2. The summed E-state index contributed by atoms with van der Waals surface area (Å²) in [5, 5.41) is 0. The largest absolute Gasteiger partial charge is 0.444 e. The van der Waals surface area contributed by atoms with Crippen LogP contribution in [0.4, 0.5) is 10.5 Å². The number of rotatable bonds is 2. The number of benzene rings is 1. The van der Waals surface area contributed by atoms with E-state index in [0.717, 1.165) is 38.9 Å². The number of carbonyl (C=O) groups excluding carboxylic acids is 1.